The van der Waals surface area contributed by atoms with Crippen LogP contribution >= 0.6 is 0 Å². The average molecular weight is 662 g/mol. The van der Waals surface area contributed by atoms with Gasteiger partial charge in [0.25, 0.3) is 0 Å². The van der Waals surface area contributed by atoms with Crippen LogP contribution in [0.2, 0.25) is 0 Å². The van der Waals surface area contributed by atoms with Crippen molar-refractivity contribution in [2.24, 2.45) is 0 Å². The van der Waals surface area contributed by atoms with Gasteiger partial charge < -0.3 is 50.5 Å². The molecule has 1 heterocycles. The topological polar surface area (TPSA) is 189 Å². The van der Waals surface area contributed by atoms with E-state index in [0.717, 1.165) is 38.5 Å². The van der Waals surface area contributed by atoms with E-state index in [1.54, 1.807) is 0 Å². The third-order valence-corrected chi connectivity index (χ3v) is 8.82. The summed E-state index contributed by atoms with van der Waals surface area (Å²) in [5, 5.41) is 74.8. The lowest BCUT2D eigenvalue weighted by Crippen LogP contribution is -2.60. The Morgan fingerprint density at radius 2 is 1.28 bits per heavy atom. The number of carbonyl (C=O) groups is 1. The number of hydrogen-bond donors (Lipinski definition) is 8. The predicted octanol–water partition coefficient (Wildman–Crippen LogP) is 3.38. The maximum absolute atomic E-state index is 12.9. The second-order valence-corrected chi connectivity index (χ2v) is 12.9. The van der Waals surface area contributed by atoms with Crippen LogP contribution in [0.5, 0.6) is 0 Å². The molecule has 8 N–H and O–H groups in total. The number of aliphatic hydroxyl groups excluding tert-OH is 7. The van der Waals surface area contributed by atoms with Crippen LogP contribution in [0.1, 0.15) is 136 Å². The predicted molar refractivity (Wildman–Crippen MR) is 178 cm³/mol. The van der Waals surface area contributed by atoms with Crippen LogP contribution in [-0.4, -0.2) is 110 Å². The maximum Gasteiger partial charge on any atom is 0.249 e. The molecule has 0 aliphatic carbocycles. The third kappa shape index (κ3) is 17.8. The summed E-state index contributed by atoms with van der Waals surface area (Å²) in [6.45, 7) is 3.31. The van der Waals surface area contributed by atoms with Crippen LogP contribution in [0.15, 0.2) is 12.2 Å². The molecule has 11 heteroatoms. The van der Waals surface area contributed by atoms with Crippen molar-refractivity contribution in [2.45, 2.75) is 191 Å². The van der Waals surface area contributed by atoms with Crippen molar-refractivity contribution < 1.29 is 50.0 Å². The minimum absolute atomic E-state index is 0.255. The summed E-state index contributed by atoms with van der Waals surface area (Å²) in [6, 6.07) is -1.17. The van der Waals surface area contributed by atoms with Gasteiger partial charge in [0.2, 0.25) is 5.91 Å². The van der Waals surface area contributed by atoms with Gasteiger partial charge in [0.05, 0.1) is 25.4 Å². The summed E-state index contributed by atoms with van der Waals surface area (Å²) in [4.78, 5) is 12.9. The summed E-state index contributed by atoms with van der Waals surface area (Å²) in [6.07, 6.45) is 11.6. The van der Waals surface area contributed by atoms with Crippen LogP contribution in [-0.2, 0) is 14.3 Å². The van der Waals surface area contributed by atoms with Crippen LogP contribution in [0.25, 0.3) is 0 Å². The van der Waals surface area contributed by atoms with Gasteiger partial charge in [0.1, 0.15) is 36.6 Å². The summed E-state index contributed by atoms with van der Waals surface area (Å²) in [5.41, 5.74) is 0. The second-order valence-electron chi connectivity index (χ2n) is 12.9. The molecule has 1 aliphatic rings. The lowest BCUT2D eigenvalue weighted by atomic mass is 9.98. The molecule has 0 aromatic heterocycles. The number of hydrogen-bond acceptors (Lipinski definition) is 10. The van der Waals surface area contributed by atoms with Crippen molar-refractivity contribution in [1.29, 1.82) is 0 Å². The van der Waals surface area contributed by atoms with Crippen LogP contribution < -0.4 is 5.32 Å². The molecule has 0 saturated carbocycles. The van der Waals surface area contributed by atoms with E-state index in [0.29, 0.717) is 12.8 Å². The fraction of sp³-hybridized carbons (Fsp3) is 0.914. The highest BCUT2D eigenvalue weighted by molar-refractivity contribution is 5.80. The maximum atomic E-state index is 12.9. The van der Waals surface area contributed by atoms with Crippen LogP contribution in [0, 0.1) is 0 Å². The smallest absolute Gasteiger partial charge is 0.249 e. The first-order valence-electron chi connectivity index (χ1n) is 18.1. The molecule has 0 unspecified atom stereocenters. The highest BCUT2D eigenvalue weighted by Gasteiger charge is 2.44. The van der Waals surface area contributed by atoms with Crippen molar-refractivity contribution in [3.8, 4) is 0 Å². The van der Waals surface area contributed by atoms with Crippen molar-refractivity contribution >= 4 is 5.91 Å². The number of nitrogens with one attached hydrogen (secondary N) is 1. The molecule has 1 fully saturated rings. The number of carbonyl (C=O) groups excluding carboxylic acids is 1. The number of unbranched alkanes of at least 4 members (excludes halogenated alkanes) is 14. The van der Waals surface area contributed by atoms with Crippen molar-refractivity contribution in [2.75, 3.05) is 13.2 Å². The summed E-state index contributed by atoms with van der Waals surface area (Å²) in [5.74, 6) is -0.714. The molecule has 0 spiro atoms. The normalized spacial score (nSPS) is 24.6. The third-order valence-electron chi connectivity index (χ3n) is 8.82. The molecule has 9 atom stereocenters. The molecule has 272 valence electrons. The van der Waals surface area contributed by atoms with Gasteiger partial charge in [-0.05, 0) is 38.5 Å². The highest BCUT2D eigenvalue weighted by Crippen LogP contribution is 2.23. The van der Waals surface area contributed by atoms with Gasteiger partial charge in [0, 0.05) is 0 Å². The molecule has 0 aromatic rings. The molecular formula is C35H67NO10. The second kappa shape index (κ2) is 26.8. The Hall–Kier alpha value is -1.15. The van der Waals surface area contributed by atoms with Gasteiger partial charge in [0.15, 0.2) is 6.29 Å². The van der Waals surface area contributed by atoms with Gasteiger partial charge in [-0.25, -0.2) is 0 Å². The molecule has 0 aromatic carbocycles. The molecule has 1 amide bonds. The fourth-order valence-electron chi connectivity index (χ4n) is 5.67. The Balaban J connectivity index is 2.65. The van der Waals surface area contributed by atoms with Crippen LogP contribution in [0.3, 0.4) is 0 Å². The van der Waals surface area contributed by atoms with Crippen molar-refractivity contribution in [1.82, 2.24) is 5.32 Å². The zero-order valence-corrected chi connectivity index (χ0v) is 28.6. The van der Waals surface area contributed by atoms with E-state index in [2.05, 4.69) is 31.3 Å². The number of allylic oxidation sites excluding steroid dienone is 2. The highest BCUT2D eigenvalue weighted by atomic mass is 16.7. The first-order chi connectivity index (χ1) is 22.2. The number of rotatable bonds is 28. The quantitative estimate of drug-likeness (QED) is 0.0456. The Kier molecular flexibility index (Phi) is 24.9. The molecule has 1 aliphatic heterocycles. The minimum atomic E-state index is -1.66. The molecule has 46 heavy (non-hydrogen) atoms. The van der Waals surface area contributed by atoms with E-state index in [1.165, 1.54) is 57.8 Å². The number of amides is 1. The van der Waals surface area contributed by atoms with E-state index in [4.69, 9.17) is 9.47 Å². The Labute approximate surface area is 277 Å². The summed E-state index contributed by atoms with van der Waals surface area (Å²) in [7, 11) is 0. The first-order valence-corrected chi connectivity index (χ1v) is 18.1. The Bertz CT molecular complexity index is 770. The number of ether oxygens (including phenoxy) is 2. The van der Waals surface area contributed by atoms with E-state index in [1.807, 2.05) is 0 Å². The lowest BCUT2D eigenvalue weighted by molar-refractivity contribution is -0.303. The first kappa shape index (κ1) is 42.9. The van der Waals surface area contributed by atoms with Crippen molar-refractivity contribution in [3.63, 3.8) is 0 Å². The fourth-order valence-corrected chi connectivity index (χ4v) is 5.67. The standard InChI is InChI=1S/C35H67NO10/c1-3-5-7-9-11-13-14-15-17-18-20-22-27(38)30(40)26(25-45-35-33(43)32(42)31(41)29(24-37)46-35)36-34(44)28(39)23-21-19-16-12-10-8-6-4-2/h15,17,26-33,35,37-43H,3-14,16,18-25H2,1-2H3,(H,36,44)/t26-,27+,28+,29+,30-,31+,32-,33+,35+/m0/s1. The molecular weight excluding hydrogens is 594 g/mol. The van der Waals surface area contributed by atoms with E-state index >= 15 is 0 Å². The largest absolute Gasteiger partial charge is 0.394 e. The Morgan fingerprint density at radius 3 is 1.87 bits per heavy atom. The van der Waals surface area contributed by atoms with Gasteiger partial charge in [-0.2, -0.15) is 0 Å². The van der Waals surface area contributed by atoms with E-state index in [-0.39, 0.29) is 12.8 Å². The Morgan fingerprint density at radius 1 is 0.739 bits per heavy atom. The van der Waals surface area contributed by atoms with Crippen molar-refractivity contribution in [3.05, 3.63) is 12.2 Å². The van der Waals surface area contributed by atoms with Gasteiger partial charge >= 0.3 is 0 Å². The SMILES string of the molecule is CCCCCCCCC=CCCC[C@@H](O)[C@@H](O)[C@H](CO[C@@H]1O[C@H](CO)[C@@H](O)[C@H](O)[C@H]1O)NC(=O)[C@H](O)CCCCCCCCCC. The average Bonchev–Trinajstić information content (AvgIpc) is 3.05. The monoisotopic (exact) mass is 661 g/mol. The molecule has 1 rings (SSSR count). The molecule has 11 nitrogen and oxygen atoms in total. The van der Waals surface area contributed by atoms with Gasteiger partial charge in [-0.3, -0.25) is 4.79 Å². The van der Waals surface area contributed by atoms with Gasteiger partial charge in [-0.15, -0.1) is 0 Å². The lowest BCUT2D eigenvalue weighted by Gasteiger charge is -2.40. The summed E-state index contributed by atoms with van der Waals surface area (Å²) >= 11 is 0. The zero-order valence-electron chi connectivity index (χ0n) is 28.6. The molecule has 1 saturated heterocycles. The number of aliphatic hydroxyl groups is 7. The van der Waals surface area contributed by atoms with E-state index < -0.39 is 74.2 Å². The van der Waals surface area contributed by atoms with E-state index in [9.17, 15) is 40.5 Å². The molecule has 0 bridgehead atoms. The summed E-state index contributed by atoms with van der Waals surface area (Å²) < 4.78 is 11.0. The van der Waals surface area contributed by atoms with Crippen LogP contribution in [0.4, 0.5) is 0 Å². The van der Waals surface area contributed by atoms with Gasteiger partial charge in [-0.1, -0.05) is 109 Å². The molecule has 0 radical (unpaired) electrons. The zero-order chi connectivity index (χ0) is 34.2. The minimum Gasteiger partial charge on any atom is -0.394 e.